The van der Waals surface area contributed by atoms with Crippen LogP contribution in [-0.4, -0.2) is 0 Å². The molecule has 1 aromatic rings. The third-order valence-corrected chi connectivity index (χ3v) is 3.05. The first-order chi connectivity index (χ1) is 7.19. The van der Waals surface area contributed by atoms with E-state index in [-0.39, 0.29) is 26.7 Å². The van der Waals surface area contributed by atoms with Crippen LogP contribution in [0.2, 0.25) is 0 Å². The van der Waals surface area contributed by atoms with Crippen molar-refractivity contribution < 1.29 is 13.2 Å². The van der Waals surface area contributed by atoms with Crippen LogP contribution in [0.25, 0.3) is 0 Å². The van der Waals surface area contributed by atoms with Gasteiger partial charge >= 0.3 is 0 Å². The van der Waals surface area contributed by atoms with Gasteiger partial charge in [0.05, 0.1) is 11.6 Å². The molecule has 1 nitrogen and oxygen atoms in total. The van der Waals surface area contributed by atoms with Gasteiger partial charge in [0.25, 0.3) is 0 Å². The zero-order valence-corrected chi connectivity index (χ0v) is 9.24. The van der Waals surface area contributed by atoms with Crippen molar-refractivity contribution in [3.8, 4) is 6.07 Å². The van der Waals surface area contributed by atoms with Crippen molar-refractivity contribution in [3.05, 3.63) is 32.8 Å². The number of benzene rings is 1. The minimum Gasteiger partial charge on any atom is -0.246 e. The largest absolute Gasteiger partial charge is 0.246 e. The molecule has 0 saturated heterocycles. The fourth-order valence-electron chi connectivity index (χ4n) is 1.28. The lowest BCUT2D eigenvalue weighted by molar-refractivity contribution is 0.448. The maximum absolute atomic E-state index is 12.6. The maximum atomic E-state index is 12.6. The predicted molar refractivity (Wildman–Crippen MR) is 53.3 cm³/mol. The summed E-state index contributed by atoms with van der Waals surface area (Å²) in [6, 6.07) is 2.94. The SMILES string of the molecule is N#Cc1cc(CF)c(CF)c(Br)c1CF. The van der Waals surface area contributed by atoms with Gasteiger partial charge in [-0.2, -0.15) is 5.26 Å². The molecule has 0 spiro atoms. The molecule has 5 heteroatoms. The van der Waals surface area contributed by atoms with Gasteiger partial charge in [-0.05, 0) is 27.6 Å². The highest BCUT2D eigenvalue weighted by atomic mass is 79.9. The number of rotatable bonds is 3. The molecule has 0 amide bonds. The number of hydrogen-bond acceptors (Lipinski definition) is 1. The molecule has 1 rings (SSSR count). The lowest BCUT2D eigenvalue weighted by Crippen LogP contribution is -1.99. The summed E-state index contributed by atoms with van der Waals surface area (Å²) < 4.78 is 37.8. The summed E-state index contributed by atoms with van der Waals surface area (Å²) in [4.78, 5) is 0. The highest BCUT2D eigenvalue weighted by molar-refractivity contribution is 9.10. The number of nitrogens with zero attached hydrogens (tertiary/aromatic N) is 1. The Labute approximate surface area is 93.6 Å². The number of nitriles is 1. The van der Waals surface area contributed by atoms with E-state index in [1.54, 1.807) is 6.07 Å². The minimum atomic E-state index is -0.890. The Kier molecular flexibility index (Phi) is 4.15. The van der Waals surface area contributed by atoms with E-state index in [2.05, 4.69) is 15.9 Å². The first-order valence-electron chi connectivity index (χ1n) is 4.10. The van der Waals surface area contributed by atoms with Gasteiger partial charge in [0.2, 0.25) is 0 Å². The van der Waals surface area contributed by atoms with Crippen molar-refractivity contribution in [1.29, 1.82) is 5.26 Å². The number of halogens is 4. The second-order valence-corrected chi connectivity index (χ2v) is 3.66. The summed E-state index contributed by atoms with van der Waals surface area (Å²) in [5.74, 6) is 0. The summed E-state index contributed by atoms with van der Waals surface area (Å²) in [5.41, 5.74) is 0.263. The highest BCUT2D eigenvalue weighted by Crippen LogP contribution is 2.30. The maximum Gasteiger partial charge on any atom is 0.117 e. The van der Waals surface area contributed by atoms with Crippen LogP contribution in [0.1, 0.15) is 22.3 Å². The Morgan fingerprint density at radius 2 is 1.73 bits per heavy atom. The van der Waals surface area contributed by atoms with E-state index < -0.39 is 20.0 Å². The van der Waals surface area contributed by atoms with Gasteiger partial charge in [-0.25, -0.2) is 13.2 Å². The molecule has 0 N–H and O–H groups in total. The Balaban J connectivity index is 3.50. The fourth-order valence-corrected chi connectivity index (χ4v) is 1.96. The molecule has 0 fully saturated rings. The first kappa shape index (κ1) is 12.1. The van der Waals surface area contributed by atoms with Gasteiger partial charge in [0, 0.05) is 15.6 Å². The lowest BCUT2D eigenvalue weighted by atomic mass is 10.0. The van der Waals surface area contributed by atoms with Crippen molar-refractivity contribution in [3.63, 3.8) is 0 Å². The standard InChI is InChI=1S/C10H7BrF3N/c11-10-8(3-13)6(2-12)1-7(5-15)9(10)4-14/h1H,2-4H2. The summed E-state index contributed by atoms with van der Waals surface area (Å²) in [5, 5.41) is 8.70. The average Bonchev–Trinajstić information content (AvgIpc) is 2.27. The van der Waals surface area contributed by atoms with E-state index in [0.717, 1.165) is 0 Å². The molecule has 0 bridgehead atoms. The zero-order valence-electron chi connectivity index (χ0n) is 7.66. The molecule has 1 aromatic carbocycles. The molecular weight excluding hydrogens is 271 g/mol. The average molecular weight is 278 g/mol. The van der Waals surface area contributed by atoms with Gasteiger partial charge in [-0.1, -0.05) is 0 Å². The molecule has 0 radical (unpaired) electrons. The molecule has 80 valence electrons. The Bertz CT molecular complexity index is 412. The monoisotopic (exact) mass is 277 g/mol. The van der Waals surface area contributed by atoms with Gasteiger partial charge in [-0.15, -0.1) is 0 Å². The smallest absolute Gasteiger partial charge is 0.117 e. The highest BCUT2D eigenvalue weighted by Gasteiger charge is 2.15. The summed E-state index contributed by atoms with van der Waals surface area (Å²) >= 11 is 2.99. The van der Waals surface area contributed by atoms with Crippen LogP contribution in [-0.2, 0) is 20.0 Å². The van der Waals surface area contributed by atoms with Crippen LogP contribution in [0.15, 0.2) is 10.5 Å². The molecular formula is C10H7BrF3N. The van der Waals surface area contributed by atoms with E-state index in [4.69, 9.17) is 5.26 Å². The van der Waals surface area contributed by atoms with E-state index in [9.17, 15) is 13.2 Å². The second-order valence-electron chi connectivity index (χ2n) is 2.87. The molecule has 15 heavy (non-hydrogen) atoms. The molecule has 0 atom stereocenters. The Hall–Kier alpha value is -1.02. The molecule has 0 heterocycles. The van der Waals surface area contributed by atoms with Crippen molar-refractivity contribution in [1.82, 2.24) is 0 Å². The van der Waals surface area contributed by atoms with E-state index in [1.807, 2.05) is 0 Å². The van der Waals surface area contributed by atoms with E-state index in [1.165, 1.54) is 6.07 Å². The summed E-state index contributed by atoms with van der Waals surface area (Å²) in [6.45, 7) is -2.65. The second kappa shape index (κ2) is 5.17. The summed E-state index contributed by atoms with van der Waals surface area (Å²) in [7, 11) is 0. The van der Waals surface area contributed by atoms with Crippen LogP contribution >= 0.6 is 15.9 Å². The minimum absolute atomic E-state index is 0.0363. The van der Waals surface area contributed by atoms with Crippen molar-refractivity contribution in [2.45, 2.75) is 20.0 Å². The molecule has 0 unspecified atom stereocenters. The van der Waals surface area contributed by atoms with Crippen LogP contribution in [0, 0.1) is 11.3 Å². The molecule has 0 aliphatic carbocycles. The fraction of sp³-hybridized carbons (Fsp3) is 0.300. The van der Waals surface area contributed by atoms with Crippen LogP contribution in [0.3, 0.4) is 0 Å². The number of alkyl halides is 3. The first-order valence-corrected chi connectivity index (χ1v) is 4.90. The van der Waals surface area contributed by atoms with Crippen LogP contribution in [0.5, 0.6) is 0 Å². The molecule has 0 aliphatic heterocycles. The van der Waals surface area contributed by atoms with Gasteiger partial charge in [0.1, 0.15) is 20.0 Å². The normalized spacial score (nSPS) is 10.1. The van der Waals surface area contributed by atoms with Gasteiger partial charge in [0.15, 0.2) is 0 Å². The van der Waals surface area contributed by atoms with E-state index in [0.29, 0.717) is 0 Å². The van der Waals surface area contributed by atoms with Crippen LogP contribution < -0.4 is 0 Å². The van der Waals surface area contributed by atoms with Gasteiger partial charge < -0.3 is 0 Å². The lowest BCUT2D eigenvalue weighted by Gasteiger charge is -2.10. The van der Waals surface area contributed by atoms with E-state index >= 15 is 0 Å². The van der Waals surface area contributed by atoms with Crippen molar-refractivity contribution in [2.24, 2.45) is 0 Å². The van der Waals surface area contributed by atoms with Crippen molar-refractivity contribution in [2.75, 3.05) is 0 Å². The number of hydrogen-bond donors (Lipinski definition) is 0. The zero-order chi connectivity index (χ0) is 11.4. The Morgan fingerprint density at radius 1 is 1.13 bits per heavy atom. The van der Waals surface area contributed by atoms with Crippen LogP contribution in [0.4, 0.5) is 13.2 Å². The molecule has 0 aromatic heterocycles. The third-order valence-electron chi connectivity index (χ3n) is 2.09. The Morgan fingerprint density at radius 3 is 2.13 bits per heavy atom. The molecule has 0 aliphatic rings. The van der Waals surface area contributed by atoms with Gasteiger partial charge in [-0.3, -0.25) is 0 Å². The third kappa shape index (κ3) is 2.15. The summed E-state index contributed by atoms with van der Waals surface area (Å²) in [6.07, 6.45) is 0. The van der Waals surface area contributed by atoms with Crippen molar-refractivity contribution >= 4 is 15.9 Å². The molecule has 0 saturated carbocycles. The predicted octanol–water partition coefficient (Wildman–Crippen LogP) is 3.73. The quantitative estimate of drug-likeness (QED) is 0.826. The topological polar surface area (TPSA) is 23.8 Å².